The molecule has 0 atom stereocenters. The van der Waals surface area contributed by atoms with Gasteiger partial charge in [-0.3, -0.25) is 9.78 Å². The van der Waals surface area contributed by atoms with Crippen molar-refractivity contribution in [2.75, 3.05) is 0 Å². The molecule has 0 bridgehead atoms. The van der Waals surface area contributed by atoms with Gasteiger partial charge in [-0.2, -0.15) is 0 Å². The lowest BCUT2D eigenvalue weighted by Gasteiger charge is -2.04. The Morgan fingerprint density at radius 2 is 2.09 bits per heavy atom. The quantitative estimate of drug-likeness (QED) is 0.795. The lowest BCUT2D eigenvalue weighted by molar-refractivity contribution is 0.0951. The SMILES string of the molecule is Cc1cccc(C(=O)NCc2sc(-c3cccnc3)nc2C)c1. The van der Waals surface area contributed by atoms with E-state index in [4.69, 9.17) is 0 Å². The predicted octanol–water partition coefficient (Wildman–Crippen LogP) is 3.75. The number of nitrogens with one attached hydrogen (secondary N) is 1. The fraction of sp³-hybridized carbons (Fsp3) is 0.167. The molecular formula is C18H17N3OS. The van der Waals surface area contributed by atoms with E-state index >= 15 is 0 Å². The van der Waals surface area contributed by atoms with Crippen molar-refractivity contribution >= 4 is 17.2 Å². The number of carbonyl (C=O) groups is 1. The van der Waals surface area contributed by atoms with E-state index in [1.54, 1.807) is 23.7 Å². The molecule has 0 saturated carbocycles. The molecule has 3 rings (SSSR count). The van der Waals surface area contributed by atoms with Crippen LogP contribution in [0, 0.1) is 13.8 Å². The molecule has 0 aliphatic rings. The van der Waals surface area contributed by atoms with Crippen LogP contribution in [0.4, 0.5) is 0 Å². The molecule has 4 nitrogen and oxygen atoms in total. The number of thiazole rings is 1. The maximum absolute atomic E-state index is 12.2. The van der Waals surface area contributed by atoms with Gasteiger partial charge < -0.3 is 5.32 Å². The average Bonchev–Trinajstić information content (AvgIpc) is 2.94. The minimum Gasteiger partial charge on any atom is -0.347 e. The zero-order chi connectivity index (χ0) is 16.2. The van der Waals surface area contributed by atoms with Gasteiger partial charge in [-0.15, -0.1) is 11.3 Å². The summed E-state index contributed by atoms with van der Waals surface area (Å²) in [4.78, 5) is 22.0. The number of hydrogen-bond donors (Lipinski definition) is 1. The van der Waals surface area contributed by atoms with Crippen LogP contribution < -0.4 is 5.32 Å². The van der Waals surface area contributed by atoms with Gasteiger partial charge in [-0.25, -0.2) is 4.98 Å². The summed E-state index contributed by atoms with van der Waals surface area (Å²) < 4.78 is 0. The lowest BCUT2D eigenvalue weighted by atomic mass is 10.1. The van der Waals surface area contributed by atoms with Crippen molar-refractivity contribution in [1.29, 1.82) is 0 Å². The fourth-order valence-electron chi connectivity index (χ4n) is 2.25. The van der Waals surface area contributed by atoms with Crippen LogP contribution in [0.15, 0.2) is 48.8 Å². The van der Waals surface area contributed by atoms with Crippen LogP contribution in [-0.2, 0) is 6.54 Å². The van der Waals surface area contributed by atoms with Crippen molar-refractivity contribution < 1.29 is 4.79 Å². The topological polar surface area (TPSA) is 54.9 Å². The Labute approximate surface area is 139 Å². The Bertz CT molecular complexity index is 827. The summed E-state index contributed by atoms with van der Waals surface area (Å²) in [6.07, 6.45) is 3.54. The Hall–Kier alpha value is -2.53. The summed E-state index contributed by atoms with van der Waals surface area (Å²) in [5.74, 6) is -0.0653. The average molecular weight is 323 g/mol. The number of pyridine rings is 1. The minimum atomic E-state index is -0.0653. The number of aromatic nitrogens is 2. The van der Waals surface area contributed by atoms with E-state index in [2.05, 4.69) is 15.3 Å². The molecule has 0 saturated heterocycles. The molecular weight excluding hydrogens is 306 g/mol. The van der Waals surface area contributed by atoms with Crippen molar-refractivity contribution in [2.24, 2.45) is 0 Å². The molecule has 23 heavy (non-hydrogen) atoms. The molecule has 0 aliphatic carbocycles. The van der Waals surface area contributed by atoms with Gasteiger partial charge >= 0.3 is 0 Å². The molecule has 3 aromatic rings. The number of nitrogens with zero attached hydrogens (tertiary/aromatic N) is 2. The molecule has 0 aliphatic heterocycles. The lowest BCUT2D eigenvalue weighted by Crippen LogP contribution is -2.22. The molecule has 0 spiro atoms. The highest BCUT2D eigenvalue weighted by Gasteiger charge is 2.11. The first-order valence-corrected chi connectivity index (χ1v) is 8.16. The van der Waals surface area contributed by atoms with Crippen molar-refractivity contribution in [3.8, 4) is 10.6 Å². The van der Waals surface area contributed by atoms with Crippen LogP contribution in [-0.4, -0.2) is 15.9 Å². The van der Waals surface area contributed by atoms with Crippen molar-refractivity contribution in [3.05, 3.63) is 70.5 Å². The fourth-order valence-corrected chi connectivity index (χ4v) is 3.25. The standard InChI is InChI=1S/C18H17N3OS/c1-12-5-3-6-14(9-12)17(22)20-11-16-13(2)21-18(23-16)15-7-4-8-19-10-15/h3-10H,11H2,1-2H3,(H,20,22). The van der Waals surface area contributed by atoms with Gasteiger partial charge in [-0.1, -0.05) is 17.7 Å². The van der Waals surface area contributed by atoms with E-state index in [0.29, 0.717) is 12.1 Å². The van der Waals surface area contributed by atoms with Crippen LogP contribution in [0.2, 0.25) is 0 Å². The van der Waals surface area contributed by atoms with E-state index in [0.717, 1.165) is 26.7 Å². The van der Waals surface area contributed by atoms with Gasteiger partial charge in [-0.05, 0) is 38.1 Å². The number of rotatable bonds is 4. The second-order valence-corrected chi connectivity index (χ2v) is 6.41. The van der Waals surface area contributed by atoms with Crippen LogP contribution in [0.3, 0.4) is 0 Å². The summed E-state index contributed by atoms with van der Waals surface area (Å²) in [5.41, 5.74) is 3.69. The third-order valence-corrected chi connectivity index (χ3v) is 4.70. The molecule has 0 fully saturated rings. The maximum atomic E-state index is 12.2. The second-order valence-electron chi connectivity index (χ2n) is 5.32. The zero-order valence-corrected chi connectivity index (χ0v) is 13.9. The molecule has 2 aromatic heterocycles. The number of aryl methyl sites for hydroxylation is 2. The minimum absolute atomic E-state index is 0.0653. The molecule has 1 N–H and O–H groups in total. The molecule has 0 unspecified atom stereocenters. The van der Waals surface area contributed by atoms with Crippen molar-refractivity contribution in [2.45, 2.75) is 20.4 Å². The number of carbonyl (C=O) groups excluding carboxylic acids is 1. The highest BCUT2D eigenvalue weighted by atomic mass is 32.1. The normalized spacial score (nSPS) is 10.5. The number of benzene rings is 1. The van der Waals surface area contributed by atoms with Gasteiger partial charge in [0.15, 0.2) is 0 Å². The number of hydrogen-bond acceptors (Lipinski definition) is 4. The molecule has 2 heterocycles. The predicted molar refractivity (Wildman–Crippen MR) is 92.4 cm³/mol. The van der Waals surface area contributed by atoms with Crippen LogP contribution in [0.25, 0.3) is 10.6 Å². The van der Waals surface area contributed by atoms with E-state index in [9.17, 15) is 4.79 Å². The van der Waals surface area contributed by atoms with Crippen LogP contribution in [0.1, 0.15) is 26.5 Å². The van der Waals surface area contributed by atoms with Crippen LogP contribution in [0.5, 0.6) is 0 Å². The summed E-state index contributed by atoms with van der Waals surface area (Å²) in [7, 11) is 0. The largest absolute Gasteiger partial charge is 0.347 e. The Morgan fingerprint density at radius 3 is 2.83 bits per heavy atom. The molecule has 1 aromatic carbocycles. The van der Waals surface area contributed by atoms with Crippen molar-refractivity contribution in [3.63, 3.8) is 0 Å². The highest BCUT2D eigenvalue weighted by Crippen LogP contribution is 2.27. The molecule has 0 radical (unpaired) electrons. The highest BCUT2D eigenvalue weighted by molar-refractivity contribution is 7.15. The van der Waals surface area contributed by atoms with Gasteiger partial charge in [0, 0.05) is 28.4 Å². The smallest absolute Gasteiger partial charge is 0.251 e. The Balaban J connectivity index is 1.71. The Morgan fingerprint density at radius 1 is 1.22 bits per heavy atom. The van der Waals surface area contributed by atoms with Crippen molar-refractivity contribution in [1.82, 2.24) is 15.3 Å². The Kier molecular flexibility index (Phi) is 4.48. The third-order valence-electron chi connectivity index (χ3n) is 3.49. The van der Waals surface area contributed by atoms with E-state index in [1.165, 1.54) is 0 Å². The van der Waals surface area contributed by atoms with Gasteiger partial charge in [0.1, 0.15) is 5.01 Å². The summed E-state index contributed by atoms with van der Waals surface area (Å²) in [5, 5.41) is 3.89. The van der Waals surface area contributed by atoms with Crippen LogP contribution >= 0.6 is 11.3 Å². The van der Waals surface area contributed by atoms with E-state index < -0.39 is 0 Å². The first-order valence-electron chi connectivity index (χ1n) is 7.35. The van der Waals surface area contributed by atoms with Gasteiger partial charge in [0.2, 0.25) is 0 Å². The zero-order valence-electron chi connectivity index (χ0n) is 13.0. The summed E-state index contributed by atoms with van der Waals surface area (Å²) in [6, 6.07) is 11.5. The van der Waals surface area contributed by atoms with E-state index in [-0.39, 0.29) is 5.91 Å². The number of amides is 1. The molecule has 116 valence electrons. The van der Waals surface area contributed by atoms with E-state index in [1.807, 2.05) is 50.2 Å². The second kappa shape index (κ2) is 6.71. The van der Waals surface area contributed by atoms with Gasteiger partial charge in [0.25, 0.3) is 5.91 Å². The molecule has 5 heteroatoms. The summed E-state index contributed by atoms with van der Waals surface area (Å²) >= 11 is 1.59. The maximum Gasteiger partial charge on any atom is 0.251 e. The molecule has 1 amide bonds. The third kappa shape index (κ3) is 3.63. The first-order chi connectivity index (χ1) is 11.1. The summed E-state index contributed by atoms with van der Waals surface area (Å²) in [6.45, 7) is 4.42. The van der Waals surface area contributed by atoms with Gasteiger partial charge in [0.05, 0.1) is 12.2 Å². The monoisotopic (exact) mass is 323 g/mol. The first kappa shape index (κ1) is 15.4.